The maximum atomic E-state index is 5.49. The first-order valence-corrected chi connectivity index (χ1v) is 5.96. The molecule has 3 rings (SSSR count). The third kappa shape index (κ3) is 2.47. The molecule has 0 amide bonds. The summed E-state index contributed by atoms with van der Waals surface area (Å²) in [6, 6.07) is 13.6. The van der Waals surface area contributed by atoms with Gasteiger partial charge in [-0.2, -0.15) is 4.68 Å². The van der Waals surface area contributed by atoms with Gasteiger partial charge in [0.1, 0.15) is 11.5 Å². The molecular weight excluding hydrogens is 242 g/mol. The average Bonchev–Trinajstić information content (AvgIpc) is 3.06. The zero-order valence-corrected chi connectivity index (χ0v) is 10.4. The van der Waals surface area contributed by atoms with Crippen molar-refractivity contribution < 1.29 is 4.42 Å². The van der Waals surface area contributed by atoms with Crippen molar-refractivity contribution in [3.05, 3.63) is 54.0 Å². The Labute approximate surface area is 110 Å². The standard InChI is InChI=1S/C13H13N5O/c1-10-7-8-12(19-10)9-14-13-15-16-17-18(13)11-5-3-2-4-6-11/h2-8H,9H2,1H3,(H,14,15,17). The van der Waals surface area contributed by atoms with Crippen LogP contribution in [-0.4, -0.2) is 20.2 Å². The minimum Gasteiger partial charge on any atom is -0.465 e. The molecule has 0 aliphatic rings. The third-order valence-corrected chi connectivity index (χ3v) is 2.69. The Morgan fingerprint density at radius 1 is 1.16 bits per heavy atom. The van der Waals surface area contributed by atoms with Crippen molar-refractivity contribution in [3.63, 3.8) is 0 Å². The molecule has 0 saturated carbocycles. The Bertz CT molecular complexity index is 658. The number of aryl methyl sites for hydroxylation is 1. The molecule has 0 bridgehead atoms. The maximum absolute atomic E-state index is 5.49. The lowest BCUT2D eigenvalue weighted by atomic mass is 10.3. The molecule has 2 aromatic heterocycles. The molecule has 0 unspecified atom stereocenters. The second-order valence-corrected chi connectivity index (χ2v) is 4.12. The number of anilines is 1. The van der Waals surface area contributed by atoms with Gasteiger partial charge < -0.3 is 9.73 Å². The van der Waals surface area contributed by atoms with Gasteiger partial charge in [-0.3, -0.25) is 0 Å². The SMILES string of the molecule is Cc1ccc(CNc2nnnn2-c2ccccc2)o1. The number of tetrazole rings is 1. The predicted octanol–water partition coefficient (Wildman–Crippen LogP) is 2.18. The molecule has 0 aliphatic heterocycles. The minimum absolute atomic E-state index is 0.543. The molecule has 19 heavy (non-hydrogen) atoms. The first kappa shape index (κ1) is 11.5. The number of nitrogens with zero attached hydrogens (tertiary/aromatic N) is 4. The molecular formula is C13H13N5O. The Morgan fingerprint density at radius 2 is 2.00 bits per heavy atom. The first-order chi connectivity index (χ1) is 9.33. The van der Waals surface area contributed by atoms with Gasteiger partial charge in [-0.25, -0.2) is 0 Å². The van der Waals surface area contributed by atoms with Gasteiger partial charge in [-0.15, -0.1) is 0 Å². The van der Waals surface area contributed by atoms with Crippen LogP contribution < -0.4 is 5.32 Å². The van der Waals surface area contributed by atoms with Gasteiger partial charge in [0.25, 0.3) is 0 Å². The molecule has 0 atom stereocenters. The molecule has 6 heteroatoms. The van der Waals surface area contributed by atoms with E-state index in [1.807, 2.05) is 49.4 Å². The lowest BCUT2D eigenvalue weighted by molar-refractivity contribution is 0.490. The fourth-order valence-electron chi connectivity index (χ4n) is 1.79. The third-order valence-electron chi connectivity index (χ3n) is 2.69. The second-order valence-electron chi connectivity index (χ2n) is 4.12. The van der Waals surface area contributed by atoms with Crippen molar-refractivity contribution in [2.24, 2.45) is 0 Å². The van der Waals surface area contributed by atoms with E-state index in [4.69, 9.17) is 4.42 Å². The van der Waals surface area contributed by atoms with Crippen molar-refractivity contribution >= 4 is 5.95 Å². The fourth-order valence-corrected chi connectivity index (χ4v) is 1.79. The first-order valence-electron chi connectivity index (χ1n) is 5.96. The van der Waals surface area contributed by atoms with Crippen LogP contribution in [-0.2, 0) is 6.54 Å². The molecule has 0 spiro atoms. The van der Waals surface area contributed by atoms with Crippen molar-refractivity contribution in [2.75, 3.05) is 5.32 Å². The smallest absolute Gasteiger partial charge is 0.248 e. The van der Waals surface area contributed by atoms with E-state index in [9.17, 15) is 0 Å². The van der Waals surface area contributed by atoms with Crippen LogP contribution in [0.15, 0.2) is 46.9 Å². The molecule has 2 heterocycles. The van der Waals surface area contributed by atoms with E-state index in [-0.39, 0.29) is 0 Å². The van der Waals surface area contributed by atoms with E-state index in [1.165, 1.54) is 0 Å². The van der Waals surface area contributed by atoms with E-state index in [0.29, 0.717) is 12.5 Å². The summed E-state index contributed by atoms with van der Waals surface area (Å²) in [7, 11) is 0. The minimum atomic E-state index is 0.543. The van der Waals surface area contributed by atoms with Crippen LogP contribution in [0.3, 0.4) is 0 Å². The zero-order valence-electron chi connectivity index (χ0n) is 10.4. The van der Waals surface area contributed by atoms with Gasteiger partial charge in [-0.1, -0.05) is 23.3 Å². The summed E-state index contributed by atoms with van der Waals surface area (Å²) in [4.78, 5) is 0. The van der Waals surface area contributed by atoms with Crippen LogP contribution in [0, 0.1) is 6.92 Å². The summed E-state index contributed by atoms with van der Waals surface area (Å²) >= 11 is 0. The van der Waals surface area contributed by atoms with Crippen molar-refractivity contribution in [1.82, 2.24) is 20.2 Å². The lowest BCUT2D eigenvalue weighted by Gasteiger charge is -2.05. The summed E-state index contributed by atoms with van der Waals surface area (Å²) in [5, 5.41) is 14.8. The van der Waals surface area contributed by atoms with E-state index in [0.717, 1.165) is 17.2 Å². The number of rotatable bonds is 4. The van der Waals surface area contributed by atoms with Gasteiger partial charge in [0.15, 0.2) is 0 Å². The number of benzene rings is 1. The van der Waals surface area contributed by atoms with Crippen LogP contribution in [0.1, 0.15) is 11.5 Å². The van der Waals surface area contributed by atoms with Crippen LogP contribution in [0.4, 0.5) is 5.95 Å². The highest BCUT2D eigenvalue weighted by atomic mass is 16.3. The summed E-state index contributed by atoms with van der Waals surface area (Å²) in [5.41, 5.74) is 0.908. The molecule has 0 radical (unpaired) electrons. The van der Waals surface area contributed by atoms with Gasteiger partial charge in [0.05, 0.1) is 12.2 Å². The van der Waals surface area contributed by atoms with Gasteiger partial charge in [0, 0.05) is 0 Å². The van der Waals surface area contributed by atoms with Crippen molar-refractivity contribution in [1.29, 1.82) is 0 Å². The fraction of sp³-hybridized carbons (Fsp3) is 0.154. The molecule has 1 aromatic carbocycles. The Balaban J connectivity index is 1.77. The van der Waals surface area contributed by atoms with Gasteiger partial charge >= 0.3 is 0 Å². The number of hydrogen-bond donors (Lipinski definition) is 1. The van der Waals surface area contributed by atoms with E-state index in [1.54, 1.807) is 4.68 Å². The monoisotopic (exact) mass is 255 g/mol. The average molecular weight is 255 g/mol. The van der Waals surface area contributed by atoms with E-state index in [2.05, 4.69) is 20.8 Å². The Morgan fingerprint density at radius 3 is 2.74 bits per heavy atom. The zero-order chi connectivity index (χ0) is 13.1. The predicted molar refractivity (Wildman–Crippen MR) is 69.9 cm³/mol. The molecule has 96 valence electrons. The van der Waals surface area contributed by atoms with E-state index >= 15 is 0 Å². The molecule has 3 aromatic rings. The van der Waals surface area contributed by atoms with Crippen LogP contribution >= 0.6 is 0 Å². The molecule has 6 nitrogen and oxygen atoms in total. The number of para-hydroxylation sites is 1. The van der Waals surface area contributed by atoms with Crippen LogP contribution in [0.5, 0.6) is 0 Å². The summed E-state index contributed by atoms with van der Waals surface area (Å²) in [6.45, 7) is 2.46. The summed E-state index contributed by atoms with van der Waals surface area (Å²) in [5.74, 6) is 2.32. The van der Waals surface area contributed by atoms with Crippen LogP contribution in [0.25, 0.3) is 5.69 Å². The van der Waals surface area contributed by atoms with Gasteiger partial charge in [-0.05, 0) is 41.6 Å². The lowest BCUT2D eigenvalue weighted by Crippen LogP contribution is -2.06. The number of nitrogens with one attached hydrogen (secondary N) is 1. The maximum Gasteiger partial charge on any atom is 0.248 e. The van der Waals surface area contributed by atoms with E-state index < -0.39 is 0 Å². The highest BCUT2D eigenvalue weighted by Gasteiger charge is 2.08. The highest BCUT2D eigenvalue weighted by Crippen LogP contribution is 2.12. The topological polar surface area (TPSA) is 68.8 Å². The number of hydrogen-bond acceptors (Lipinski definition) is 5. The number of furan rings is 1. The normalized spacial score (nSPS) is 10.6. The highest BCUT2D eigenvalue weighted by molar-refractivity contribution is 5.38. The molecule has 0 aliphatic carbocycles. The quantitative estimate of drug-likeness (QED) is 0.773. The van der Waals surface area contributed by atoms with Crippen molar-refractivity contribution in [3.8, 4) is 5.69 Å². The Kier molecular flexibility index (Phi) is 2.97. The number of aromatic nitrogens is 4. The van der Waals surface area contributed by atoms with Crippen molar-refractivity contribution in [2.45, 2.75) is 13.5 Å². The molecule has 1 N–H and O–H groups in total. The largest absolute Gasteiger partial charge is 0.465 e. The molecule has 0 fully saturated rings. The summed E-state index contributed by atoms with van der Waals surface area (Å²) < 4.78 is 7.14. The Hall–Kier alpha value is -2.63. The molecule has 0 saturated heterocycles. The van der Waals surface area contributed by atoms with Gasteiger partial charge in [0.2, 0.25) is 5.95 Å². The van der Waals surface area contributed by atoms with Crippen LogP contribution in [0.2, 0.25) is 0 Å². The second kappa shape index (κ2) is 4.93. The summed E-state index contributed by atoms with van der Waals surface area (Å²) in [6.07, 6.45) is 0.